The number of aromatic nitrogens is 1. The van der Waals surface area contributed by atoms with E-state index in [9.17, 15) is 0 Å². The molecule has 1 heterocycles. The first-order valence-electron chi connectivity index (χ1n) is 10.5. The third-order valence-corrected chi connectivity index (χ3v) is 11.3. The molecular weight excluding hydrogens is 390 g/mol. The summed E-state index contributed by atoms with van der Waals surface area (Å²) in [5, 5.41) is 0.201. The highest BCUT2D eigenvalue weighted by Gasteiger charge is 2.40. The Morgan fingerprint density at radius 3 is 2.14 bits per heavy atom. The van der Waals surface area contributed by atoms with Gasteiger partial charge in [-0.1, -0.05) is 83.6 Å². The second kappa shape index (κ2) is 10.1. The second-order valence-corrected chi connectivity index (χ2v) is 15.5. The molecule has 1 aromatic heterocycles. The van der Waals surface area contributed by atoms with Gasteiger partial charge in [-0.25, -0.2) is 0 Å². The molecule has 0 amide bonds. The van der Waals surface area contributed by atoms with Crippen molar-refractivity contribution in [2.24, 2.45) is 11.8 Å². The van der Waals surface area contributed by atoms with Gasteiger partial charge < -0.3 is 4.43 Å². The molecule has 0 aliphatic heterocycles. The van der Waals surface area contributed by atoms with E-state index in [2.05, 4.69) is 108 Å². The van der Waals surface area contributed by atoms with Crippen molar-refractivity contribution in [2.75, 3.05) is 0 Å². The fraction of sp³-hybridized carbons (Fsp3) is 0.480. The van der Waals surface area contributed by atoms with Crippen LogP contribution in [0.4, 0.5) is 0 Å². The van der Waals surface area contributed by atoms with Crippen LogP contribution in [0.2, 0.25) is 18.1 Å². The number of nitrogens with zero attached hydrogens (tertiary/aromatic N) is 1. The van der Waals surface area contributed by atoms with Crippen LogP contribution >= 0.6 is 11.8 Å². The molecule has 0 radical (unpaired) electrons. The minimum absolute atomic E-state index is 0.186. The number of hydrogen-bond acceptors (Lipinski definition) is 3. The van der Waals surface area contributed by atoms with E-state index in [1.54, 1.807) is 11.8 Å². The van der Waals surface area contributed by atoms with Crippen molar-refractivity contribution in [2.45, 2.75) is 70.7 Å². The smallest absolute Gasteiger partial charge is 0.192 e. The fourth-order valence-electron chi connectivity index (χ4n) is 3.00. The minimum Gasteiger partial charge on any atom is -0.413 e. The predicted molar refractivity (Wildman–Crippen MR) is 131 cm³/mol. The summed E-state index contributed by atoms with van der Waals surface area (Å²) in [5.74, 6) is 0.736. The van der Waals surface area contributed by atoms with Crippen molar-refractivity contribution in [1.82, 2.24) is 4.98 Å². The first-order chi connectivity index (χ1) is 13.5. The normalized spacial score (nSPS) is 15.4. The largest absolute Gasteiger partial charge is 0.413 e. The Balaban J connectivity index is 2.36. The second-order valence-electron chi connectivity index (χ2n) is 9.61. The molecule has 2 atom stereocenters. The molecule has 2 nitrogen and oxygen atoms in total. The third kappa shape index (κ3) is 6.83. The van der Waals surface area contributed by atoms with Crippen LogP contribution in [-0.4, -0.2) is 19.4 Å². The lowest BCUT2D eigenvalue weighted by molar-refractivity contribution is 0.101. The molecule has 0 aliphatic rings. The van der Waals surface area contributed by atoms with Gasteiger partial charge in [0.25, 0.3) is 0 Å². The molecule has 0 spiro atoms. The summed E-state index contributed by atoms with van der Waals surface area (Å²) in [7, 11) is -1.85. The highest BCUT2D eigenvalue weighted by atomic mass is 32.2. The quantitative estimate of drug-likeness (QED) is 0.316. The Hall–Kier alpha value is -1.36. The maximum atomic E-state index is 6.88. The van der Waals surface area contributed by atoms with E-state index in [0.717, 1.165) is 5.69 Å². The van der Waals surface area contributed by atoms with Crippen molar-refractivity contribution < 1.29 is 4.43 Å². The van der Waals surface area contributed by atoms with E-state index in [1.807, 2.05) is 12.3 Å². The lowest BCUT2D eigenvalue weighted by Crippen LogP contribution is -2.46. The number of benzene rings is 1. The zero-order valence-corrected chi connectivity index (χ0v) is 21.1. The summed E-state index contributed by atoms with van der Waals surface area (Å²) in [4.78, 5) is 7.04. The maximum absolute atomic E-state index is 6.88. The van der Waals surface area contributed by atoms with Crippen LogP contribution in [-0.2, 0) is 4.43 Å². The monoisotopic (exact) mass is 427 g/mol. The molecule has 4 heteroatoms. The molecule has 0 saturated heterocycles. The van der Waals surface area contributed by atoms with E-state index in [0.29, 0.717) is 5.92 Å². The average Bonchev–Trinajstić information content (AvgIpc) is 2.66. The number of rotatable bonds is 8. The number of hydrogen-bond donors (Lipinski definition) is 0. The lowest BCUT2D eigenvalue weighted by atomic mass is 9.94. The van der Waals surface area contributed by atoms with Crippen LogP contribution in [0.5, 0.6) is 0 Å². The third-order valence-electron chi connectivity index (χ3n) is 5.71. The van der Waals surface area contributed by atoms with Crippen molar-refractivity contribution in [3.05, 3.63) is 66.5 Å². The molecule has 2 aromatic rings. The van der Waals surface area contributed by atoms with E-state index in [-0.39, 0.29) is 17.1 Å². The topological polar surface area (TPSA) is 22.1 Å². The molecule has 0 N–H and O–H groups in total. The van der Waals surface area contributed by atoms with Crippen LogP contribution in [0.3, 0.4) is 0 Å². The molecule has 0 bridgehead atoms. The summed E-state index contributed by atoms with van der Waals surface area (Å²) in [6.45, 7) is 18.4. The van der Waals surface area contributed by atoms with Gasteiger partial charge in [-0.2, -0.15) is 0 Å². The van der Waals surface area contributed by atoms with Crippen molar-refractivity contribution >= 4 is 25.0 Å². The summed E-state index contributed by atoms with van der Waals surface area (Å²) in [6, 6.07) is 16.6. The van der Waals surface area contributed by atoms with Gasteiger partial charge in [-0.15, -0.1) is 0 Å². The number of pyridine rings is 1. The van der Waals surface area contributed by atoms with Crippen molar-refractivity contribution in [1.29, 1.82) is 0 Å². The molecule has 1 aromatic carbocycles. The van der Waals surface area contributed by atoms with Crippen LogP contribution in [0.25, 0.3) is 4.91 Å². The fourth-order valence-corrected chi connectivity index (χ4v) is 5.57. The molecule has 0 saturated carbocycles. The van der Waals surface area contributed by atoms with Crippen molar-refractivity contribution in [3.8, 4) is 0 Å². The lowest BCUT2D eigenvalue weighted by Gasteiger charge is -2.42. The van der Waals surface area contributed by atoms with Gasteiger partial charge in [0.05, 0.1) is 11.8 Å². The maximum Gasteiger partial charge on any atom is 0.192 e. The zero-order valence-electron chi connectivity index (χ0n) is 19.3. The molecule has 0 aliphatic carbocycles. The van der Waals surface area contributed by atoms with Crippen LogP contribution in [0.1, 0.15) is 47.2 Å². The average molecular weight is 428 g/mol. The SMILES string of the molecule is CC(C)[C@@H](O[Si](C)(C)C(C)(C)C)[C@@H](C)/C=C(\Sc1ccccc1)c1ccccn1. The molecule has 158 valence electrons. The van der Waals surface area contributed by atoms with E-state index < -0.39 is 8.32 Å². The molecule has 0 fully saturated rings. The highest BCUT2D eigenvalue weighted by molar-refractivity contribution is 8.08. The minimum atomic E-state index is -1.85. The molecule has 29 heavy (non-hydrogen) atoms. The zero-order chi connectivity index (χ0) is 21.7. The van der Waals surface area contributed by atoms with E-state index >= 15 is 0 Å². The Morgan fingerprint density at radius 2 is 1.62 bits per heavy atom. The van der Waals surface area contributed by atoms with Gasteiger partial charge in [0, 0.05) is 21.9 Å². The first kappa shape index (κ1) is 23.9. The Morgan fingerprint density at radius 1 is 1.00 bits per heavy atom. The van der Waals surface area contributed by atoms with Gasteiger partial charge in [0.2, 0.25) is 0 Å². The van der Waals surface area contributed by atoms with E-state index in [4.69, 9.17) is 4.43 Å². The Bertz CT molecular complexity index is 781. The molecule has 2 rings (SSSR count). The van der Waals surface area contributed by atoms with Gasteiger partial charge in [0.1, 0.15) is 0 Å². The Kier molecular flexibility index (Phi) is 8.33. The van der Waals surface area contributed by atoms with Gasteiger partial charge >= 0.3 is 0 Å². The predicted octanol–water partition coefficient (Wildman–Crippen LogP) is 7.90. The van der Waals surface area contributed by atoms with Crippen LogP contribution in [0, 0.1) is 11.8 Å². The van der Waals surface area contributed by atoms with Gasteiger partial charge in [-0.3, -0.25) is 4.98 Å². The van der Waals surface area contributed by atoms with Gasteiger partial charge in [-0.05, 0) is 48.3 Å². The van der Waals surface area contributed by atoms with E-state index in [1.165, 1.54) is 9.80 Å². The summed E-state index contributed by atoms with van der Waals surface area (Å²) in [6.07, 6.45) is 4.41. The standard InChI is InChI=1S/C25H37NOSSi/c1-19(2)24(27-29(7,8)25(4,5)6)20(3)18-23(22-16-12-13-17-26-22)28-21-14-10-9-11-15-21/h9-20,24H,1-8H3/b23-18-/t20-,24+/m0/s1. The Labute approximate surface area is 183 Å². The first-order valence-corrected chi connectivity index (χ1v) is 14.3. The number of thioether (sulfide) groups is 1. The molecule has 0 unspecified atom stereocenters. The van der Waals surface area contributed by atoms with Crippen molar-refractivity contribution in [3.63, 3.8) is 0 Å². The summed E-state index contributed by atoms with van der Waals surface area (Å²) in [5.41, 5.74) is 1.02. The summed E-state index contributed by atoms with van der Waals surface area (Å²) < 4.78 is 6.88. The van der Waals surface area contributed by atoms with Gasteiger partial charge in [0.15, 0.2) is 8.32 Å². The van der Waals surface area contributed by atoms with Crippen LogP contribution < -0.4 is 0 Å². The highest BCUT2D eigenvalue weighted by Crippen LogP contribution is 2.40. The summed E-state index contributed by atoms with van der Waals surface area (Å²) >= 11 is 1.78. The molecular formula is C25H37NOSSi. The van der Waals surface area contributed by atoms with Crippen LogP contribution in [0.15, 0.2) is 65.7 Å².